The molecule has 1 aromatic rings. The molecule has 1 aromatic heterocycles. The fourth-order valence-electron chi connectivity index (χ4n) is 1.66. The van der Waals surface area contributed by atoms with E-state index in [4.69, 9.17) is 16.3 Å². The van der Waals surface area contributed by atoms with Crippen molar-refractivity contribution in [3.8, 4) is 6.01 Å². The van der Waals surface area contributed by atoms with E-state index in [9.17, 15) is 0 Å². The maximum Gasteiger partial charge on any atom is 0.316 e. The molecule has 0 amide bonds. The minimum Gasteiger partial charge on any atom is -0.467 e. The molecule has 1 atom stereocenters. The summed E-state index contributed by atoms with van der Waals surface area (Å²) in [5.74, 6) is 0. The average molecular weight is 258 g/mol. The van der Waals surface area contributed by atoms with Crippen molar-refractivity contribution in [1.29, 1.82) is 0 Å². The fraction of sp³-hybridized carbons (Fsp3) is 0.667. The Morgan fingerprint density at radius 3 is 2.59 bits per heavy atom. The highest BCUT2D eigenvalue weighted by atomic mass is 35.5. The van der Waals surface area contributed by atoms with Gasteiger partial charge in [-0.3, -0.25) is 0 Å². The van der Waals surface area contributed by atoms with Crippen molar-refractivity contribution in [2.45, 2.75) is 33.2 Å². The quantitative estimate of drug-likeness (QED) is 0.899. The lowest BCUT2D eigenvalue weighted by Gasteiger charge is -2.30. The van der Waals surface area contributed by atoms with Crippen molar-refractivity contribution in [2.24, 2.45) is 5.41 Å². The van der Waals surface area contributed by atoms with Crippen LogP contribution >= 0.6 is 11.6 Å². The van der Waals surface area contributed by atoms with Gasteiger partial charge in [-0.2, -0.15) is 4.98 Å². The molecule has 0 aliphatic rings. The first-order valence-corrected chi connectivity index (χ1v) is 5.99. The van der Waals surface area contributed by atoms with Crippen molar-refractivity contribution in [3.05, 3.63) is 16.9 Å². The number of halogens is 1. The Morgan fingerprint density at radius 1 is 1.47 bits per heavy atom. The summed E-state index contributed by atoms with van der Waals surface area (Å²) < 4.78 is 5.01. The lowest BCUT2D eigenvalue weighted by molar-refractivity contribution is 0.277. The summed E-state index contributed by atoms with van der Waals surface area (Å²) in [5, 5.41) is 3.87. The Bertz CT molecular complexity index is 377. The Hall–Kier alpha value is -0.870. The van der Waals surface area contributed by atoms with Crippen LogP contribution in [0.15, 0.2) is 6.20 Å². The predicted octanol–water partition coefficient (Wildman–Crippen LogP) is 2.32. The van der Waals surface area contributed by atoms with E-state index in [-0.39, 0.29) is 5.41 Å². The third-order valence-electron chi connectivity index (χ3n) is 2.77. The van der Waals surface area contributed by atoms with Gasteiger partial charge >= 0.3 is 6.01 Å². The highest BCUT2D eigenvalue weighted by Crippen LogP contribution is 2.25. The molecule has 17 heavy (non-hydrogen) atoms. The lowest BCUT2D eigenvalue weighted by atomic mass is 9.84. The summed E-state index contributed by atoms with van der Waals surface area (Å²) in [6, 6.07) is 0.646. The molecule has 0 aliphatic carbocycles. The molecule has 0 bridgehead atoms. The number of aromatic nitrogens is 2. The van der Waals surface area contributed by atoms with Gasteiger partial charge in [-0.05, 0) is 12.5 Å². The van der Waals surface area contributed by atoms with E-state index in [1.807, 2.05) is 7.05 Å². The van der Waals surface area contributed by atoms with Crippen LogP contribution in [-0.4, -0.2) is 30.2 Å². The normalized spacial score (nSPS) is 13.5. The van der Waals surface area contributed by atoms with Crippen LogP contribution in [0.3, 0.4) is 0 Å². The van der Waals surface area contributed by atoms with E-state index >= 15 is 0 Å². The van der Waals surface area contributed by atoms with Gasteiger partial charge in [-0.25, -0.2) is 4.98 Å². The lowest BCUT2D eigenvalue weighted by Crippen LogP contribution is -2.40. The van der Waals surface area contributed by atoms with E-state index in [2.05, 4.69) is 36.1 Å². The van der Waals surface area contributed by atoms with Crippen LogP contribution in [-0.2, 0) is 6.42 Å². The van der Waals surface area contributed by atoms with Crippen LogP contribution in [0, 0.1) is 5.41 Å². The Morgan fingerprint density at radius 2 is 2.12 bits per heavy atom. The van der Waals surface area contributed by atoms with Gasteiger partial charge in [0.05, 0.1) is 24.0 Å². The standard InChI is InChI=1S/C12H20ClN3O/c1-12(2,3)10(14-4)6-9-8(13)7-15-11(16-9)17-5/h7,10,14H,6H2,1-5H3. The second-order valence-electron chi connectivity index (χ2n) is 5.06. The number of nitrogens with one attached hydrogen (secondary N) is 1. The van der Waals surface area contributed by atoms with Gasteiger partial charge in [-0.1, -0.05) is 32.4 Å². The van der Waals surface area contributed by atoms with Crippen molar-refractivity contribution in [2.75, 3.05) is 14.2 Å². The molecule has 0 saturated carbocycles. The minimum atomic E-state index is 0.135. The topological polar surface area (TPSA) is 47.0 Å². The maximum absolute atomic E-state index is 6.10. The Balaban J connectivity index is 2.93. The third-order valence-corrected chi connectivity index (χ3v) is 3.08. The number of likely N-dealkylation sites (N-methyl/N-ethyl adjacent to an activating group) is 1. The maximum atomic E-state index is 6.10. The van der Waals surface area contributed by atoms with Crippen LogP contribution in [0.2, 0.25) is 5.02 Å². The van der Waals surface area contributed by atoms with E-state index < -0.39 is 0 Å². The molecule has 1 heterocycles. The Kier molecular flexibility index (Phi) is 4.71. The van der Waals surface area contributed by atoms with Gasteiger partial charge in [0, 0.05) is 12.5 Å². The average Bonchev–Trinajstić information content (AvgIpc) is 2.26. The summed E-state index contributed by atoms with van der Waals surface area (Å²) in [6.07, 6.45) is 2.33. The zero-order chi connectivity index (χ0) is 13.1. The molecule has 1 unspecified atom stereocenters. The zero-order valence-electron chi connectivity index (χ0n) is 11.0. The van der Waals surface area contributed by atoms with E-state index in [1.165, 1.54) is 0 Å². The van der Waals surface area contributed by atoms with E-state index in [1.54, 1.807) is 13.3 Å². The smallest absolute Gasteiger partial charge is 0.316 e. The monoisotopic (exact) mass is 257 g/mol. The first-order valence-electron chi connectivity index (χ1n) is 5.61. The van der Waals surface area contributed by atoms with Crippen LogP contribution in [0.5, 0.6) is 6.01 Å². The molecule has 4 nitrogen and oxygen atoms in total. The molecule has 1 rings (SSSR count). The van der Waals surface area contributed by atoms with E-state index in [0.717, 1.165) is 12.1 Å². The van der Waals surface area contributed by atoms with Gasteiger partial charge in [0.25, 0.3) is 0 Å². The summed E-state index contributed by atoms with van der Waals surface area (Å²) in [4.78, 5) is 8.25. The highest BCUT2D eigenvalue weighted by molar-refractivity contribution is 6.31. The van der Waals surface area contributed by atoms with Crippen molar-refractivity contribution < 1.29 is 4.74 Å². The molecule has 0 aliphatic heterocycles. The van der Waals surface area contributed by atoms with E-state index in [0.29, 0.717) is 17.1 Å². The summed E-state index contributed by atoms with van der Waals surface area (Å²) in [6.45, 7) is 6.54. The SMILES string of the molecule is CNC(Cc1nc(OC)ncc1Cl)C(C)(C)C. The predicted molar refractivity (Wildman–Crippen MR) is 69.6 cm³/mol. The van der Waals surface area contributed by atoms with Crippen molar-refractivity contribution in [3.63, 3.8) is 0 Å². The molecule has 0 aromatic carbocycles. The minimum absolute atomic E-state index is 0.135. The van der Waals surface area contributed by atoms with Gasteiger partial charge in [0.1, 0.15) is 0 Å². The van der Waals surface area contributed by atoms with Crippen LogP contribution in [0.1, 0.15) is 26.5 Å². The molecule has 96 valence electrons. The van der Waals surface area contributed by atoms with Gasteiger partial charge in [-0.15, -0.1) is 0 Å². The largest absolute Gasteiger partial charge is 0.467 e. The summed E-state index contributed by atoms with van der Waals surface area (Å²) in [7, 11) is 3.49. The molecule has 1 N–H and O–H groups in total. The first kappa shape index (κ1) is 14.2. The molecule has 0 saturated heterocycles. The molecular weight excluding hydrogens is 238 g/mol. The van der Waals surface area contributed by atoms with Gasteiger partial charge in [0.15, 0.2) is 0 Å². The highest BCUT2D eigenvalue weighted by Gasteiger charge is 2.24. The van der Waals surface area contributed by atoms with Crippen molar-refractivity contribution >= 4 is 11.6 Å². The van der Waals surface area contributed by atoms with Crippen LogP contribution < -0.4 is 10.1 Å². The van der Waals surface area contributed by atoms with Crippen LogP contribution in [0.25, 0.3) is 0 Å². The number of methoxy groups -OCH3 is 1. The van der Waals surface area contributed by atoms with Gasteiger partial charge in [0.2, 0.25) is 0 Å². The third kappa shape index (κ3) is 3.82. The second-order valence-corrected chi connectivity index (χ2v) is 5.47. The summed E-state index contributed by atoms with van der Waals surface area (Å²) in [5.41, 5.74) is 0.948. The second kappa shape index (κ2) is 5.65. The molecule has 0 radical (unpaired) electrons. The number of ether oxygens (including phenoxy) is 1. The molecular formula is C12H20ClN3O. The number of nitrogens with zero attached hydrogens (tertiary/aromatic N) is 2. The molecule has 0 spiro atoms. The molecule has 5 heteroatoms. The van der Waals surface area contributed by atoms with Crippen LogP contribution in [0.4, 0.5) is 0 Å². The Labute approximate surface area is 108 Å². The molecule has 0 fully saturated rings. The first-order chi connectivity index (χ1) is 7.88. The fourth-order valence-corrected chi connectivity index (χ4v) is 1.83. The zero-order valence-corrected chi connectivity index (χ0v) is 11.8. The number of rotatable bonds is 4. The number of hydrogen-bond acceptors (Lipinski definition) is 4. The van der Waals surface area contributed by atoms with Crippen molar-refractivity contribution in [1.82, 2.24) is 15.3 Å². The number of hydrogen-bond donors (Lipinski definition) is 1. The van der Waals surface area contributed by atoms with Gasteiger partial charge < -0.3 is 10.1 Å². The summed E-state index contributed by atoms with van der Waals surface area (Å²) >= 11 is 6.10.